The van der Waals surface area contributed by atoms with E-state index >= 15 is 0 Å². The third kappa shape index (κ3) is 2.06. The minimum absolute atomic E-state index is 0.437. The molecular formula is C3H13B5. The zero-order valence-corrected chi connectivity index (χ0v) is 7.00. The topological polar surface area (TPSA) is 0 Å². The molecule has 0 radical (unpaired) electrons. The van der Waals surface area contributed by atoms with E-state index in [0.29, 0.717) is 10.3 Å². The number of rotatable bonds is 1. The highest BCUT2D eigenvalue weighted by Gasteiger charge is 2.26. The normalized spacial score (nSPS) is 13.6. The summed E-state index contributed by atoms with van der Waals surface area (Å²) >= 11 is 0. The summed E-state index contributed by atoms with van der Waals surface area (Å²) in [5.74, 6) is 0. The van der Waals surface area contributed by atoms with E-state index in [2.05, 4.69) is 46.2 Å². The van der Waals surface area contributed by atoms with E-state index in [1.165, 1.54) is 0 Å². The van der Waals surface area contributed by atoms with Gasteiger partial charge in [-0.15, -0.1) is 10.3 Å². The molecule has 0 aliphatic carbocycles. The maximum atomic E-state index is 2.27. The van der Waals surface area contributed by atoms with Crippen molar-refractivity contribution >= 4 is 39.2 Å². The van der Waals surface area contributed by atoms with Crippen molar-refractivity contribution in [3.8, 4) is 0 Å². The summed E-state index contributed by atoms with van der Waals surface area (Å²) in [5.41, 5.74) is 0. The second-order valence-electron chi connectivity index (χ2n) is 4.50. The smallest absolute Gasteiger partial charge is 0.0970 e. The Bertz CT molecular complexity index is 62.7. The Morgan fingerprint density at radius 3 is 1.00 bits per heavy atom. The second-order valence-corrected chi connectivity index (χ2v) is 4.50. The molecule has 0 bridgehead atoms. The molecule has 5 heteroatoms. The molecule has 0 aromatic heterocycles. The molecule has 0 rings (SSSR count). The molecular weight excluding hydrogens is 90.1 g/mol. The first-order valence-electron chi connectivity index (χ1n) is 3.25. The van der Waals surface area contributed by atoms with Crippen LogP contribution in [0.2, 0.25) is 10.3 Å². The van der Waals surface area contributed by atoms with Gasteiger partial charge in [0.25, 0.3) is 0 Å². The molecule has 0 atom stereocenters. The molecule has 0 aliphatic rings. The summed E-state index contributed by atoms with van der Waals surface area (Å²) in [6.45, 7) is 2.27. The molecule has 0 amide bonds. The van der Waals surface area contributed by atoms with E-state index in [1.807, 2.05) is 0 Å². The Labute approximate surface area is 57.2 Å². The molecule has 0 heterocycles. The maximum absolute atomic E-state index is 2.27. The first-order chi connectivity index (χ1) is 3.25. The van der Waals surface area contributed by atoms with Gasteiger partial charge in [-0.25, -0.2) is 0 Å². The van der Waals surface area contributed by atoms with Crippen LogP contribution >= 0.6 is 0 Å². The van der Waals surface area contributed by atoms with Gasteiger partial charge in [-0.2, -0.15) is 0 Å². The summed E-state index contributed by atoms with van der Waals surface area (Å²) in [7, 11) is 11.4. The zero-order chi connectivity index (χ0) is 7.00. The van der Waals surface area contributed by atoms with Gasteiger partial charge < -0.3 is 0 Å². The fourth-order valence-corrected chi connectivity index (χ4v) is 0. The van der Waals surface area contributed by atoms with Crippen LogP contribution in [0.5, 0.6) is 0 Å². The summed E-state index contributed by atoms with van der Waals surface area (Å²) in [4.78, 5) is 0. The van der Waals surface area contributed by atoms with Crippen molar-refractivity contribution < 1.29 is 0 Å². The van der Waals surface area contributed by atoms with Gasteiger partial charge in [-0.3, -0.25) is 0 Å². The van der Waals surface area contributed by atoms with Crippen LogP contribution in [0.3, 0.4) is 0 Å². The minimum atomic E-state index is 0.437. The lowest BCUT2D eigenvalue weighted by Gasteiger charge is -2.35. The standard InChI is InChI=1S/C3H13B5/c1-2(4,5)3(6,7)8/h4-8H2,1H3. The first-order valence-corrected chi connectivity index (χ1v) is 3.25. The van der Waals surface area contributed by atoms with E-state index in [0.717, 1.165) is 0 Å². The van der Waals surface area contributed by atoms with E-state index in [1.54, 1.807) is 0 Å². The van der Waals surface area contributed by atoms with E-state index in [4.69, 9.17) is 0 Å². The fourth-order valence-electron chi connectivity index (χ4n) is 0. The average Bonchev–Trinajstić information content (AvgIpc) is 1.25. The van der Waals surface area contributed by atoms with Crippen LogP contribution < -0.4 is 0 Å². The van der Waals surface area contributed by atoms with Crippen LogP contribution in [0.25, 0.3) is 0 Å². The van der Waals surface area contributed by atoms with Crippen molar-refractivity contribution in [2.24, 2.45) is 0 Å². The molecule has 0 aromatic rings. The summed E-state index contributed by atoms with van der Waals surface area (Å²) in [6, 6.07) is 0. The van der Waals surface area contributed by atoms with Crippen LogP contribution in [0.15, 0.2) is 0 Å². The van der Waals surface area contributed by atoms with Gasteiger partial charge in [0.15, 0.2) is 0 Å². The molecule has 0 unspecified atom stereocenters. The third-order valence-corrected chi connectivity index (χ3v) is 2.25. The zero-order valence-electron chi connectivity index (χ0n) is 7.00. The SMILES string of the molecule is BC(B)(B)C(B)(B)C. The van der Waals surface area contributed by atoms with E-state index in [9.17, 15) is 0 Å². The highest BCUT2D eigenvalue weighted by molar-refractivity contribution is 6.66. The Kier molecular flexibility index (Phi) is 2.01. The lowest BCUT2D eigenvalue weighted by atomic mass is 9.24. The van der Waals surface area contributed by atoms with Crippen molar-refractivity contribution in [3.05, 3.63) is 0 Å². The highest BCUT2D eigenvalue weighted by Crippen LogP contribution is 2.36. The van der Waals surface area contributed by atoms with Crippen LogP contribution in [-0.2, 0) is 0 Å². The third-order valence-electron chi connectivity index (χ3n) is 2.25. The second kappa shape index (κ2) is 1.93. The molecule has 40 valence electrons. The highest BCUT2D eigenvalue weighted by atomic mass is 14.0. The molecule has 0 nitrogen and oxygen atoms in total. The molecule has 0 N–H and O–H groups in total. The quantitative estimate of drug-likeness (QED) is 0.300. The molecule has 0 saturated carbocycles. The van der Waals surface area contributed by atoms with Crippen LogP contribution in [0, 0.1) is 0 Å². The van der Waals surface area contributed by atoms with E-state index in [-0.39, 0.29) is 0 Å². The lowest BCUT2D eigenvalue weighted by Crippen LogP contribution is -2.30. The Morgan fingerprint density at radius 1 is 0.875 bits per heavy atom. The Balaban J connectivity index is 4.02. The minimum Gasteiger partial charge on any atom is -0.120 e. The van der Waals surface area contributed by atoms with Crippen LogP contribution in [-0.4, -0.2) is 39.2 Å². The Hall–Kier alpha value is 0.325. The van der Waals surface area contributed by atoms with Gasteiger partial charge in [-0.1, -0.05) is 6.92 Å². The van der Waals surface area contributed by atoms with Crippen molar-refractivity contribution in [2.75, 3.05) is 0 Å². The Morgan fingerprint density at radius 2 is 1.00 bits per heavy atom. The van der Waals surface area contributed by atoms with Gasteiger partial charge in [-0.05, 0) is 0 Å². The van der Waals surface area contributed by atoms with Gasteiger partial charge in [0.1, 0.15) is 0 Å². The predicted octanol–water partition coefficient (Wildman–Crippen LogP) is -3.64. The molecule has 0 aromatic carbocycles. The number of hydrogen-bond acceptors (Lipinski definition) is 0. The molecule has 0 fully saturated rings. The molecule has 8 heavy (non-hydrogen) atoms. The van der Waals surface area contributed by atoms with Crippen LogP contribution in [0.4, 0.5) is 0 Å². The first kappa shape index (κ1) is 8.32. The molecule has 0 aliphatic heterocycles. The van der Waals surface area contributed by atoms with Crippen molar-refractivity contribution in [1.82, 2.24) is 0 Å². The van der Waals surface area contributed by atoms with E-state index < -0.39 is 0 Å². The average molecular weight is 103 g/mol. The summed E-state index contributed by atoms with van der Waals surface area (Å²) in [5, 5.41) is 0.875. The van der Waals surface area contributed by atoms with Crippen molar-refractivity contribution in [2.45, 2.75) is 17.3 Å². The lowest BCUT2D eigenvalue weighted by molar-refractivity contribution is 0.859. The van der Waals surface area contributed by atoms with Crippen molar-refractivity contribution in [3.63, 3.8) is 0 Å². The predicted molar refractivity (Wildman–Crippen MR) is 53.8 cm³/mol. The maximum Gasteiger partial charge on any atom is 0.0970 e. The van der Waals surface area contributed by atoms with Gasteiger partial charge in [0, 0.05) is 0 Å². The largest absolute Gasteiger partial charge is 0.120 e. The van der Waals surface area contributed by atoms with Gasteiger partial charge in [0.05, 0.1) is 39.2 Å². The molecule has 0 spiro atoms. The van der Waals surface area contributed by atoms with Gasteiger partial charge in [0.2, 0.25) is 0 Å². The number of hydrogen-bond donors (Lipinski definition) is 0. The van der Waals surface area contributed by atoms with Crippen LogP contribution in [0.1, 0.15) is 6.92 Å². The fraction of sp³-hybridized carbons (Fsp3) is 1.00. The monoisotopic (exact) mass is 104 g/mol. The summed E-state index contributed by atoms with van der Waals surface area (Å²) < 4.78 is 0. The van der Waals surface area contributed by atoms with Gasteiger partial charge >= 0.3 is 0 Å². The summed E-state index contributed by atoms with van der Waals surface area (Å²) in [6.07, 6.45) is 0. The molecule has 0 saturated heterocycles. The van der Waals surface area contributed by atoms with Crippen molar-refractivity contribution in [1.29, 1.82) is 0 Å².